The van der Waals surface area contributed by atoms with Gasteiger partial charge in [0.05, 0.1) is 6.07 Å². The maximum atomic E-state index is 13.6. The van der Waals surface area contributed by atoms with E-state index in [0.29, 0.717) is 12.5 Å². The van der Waals surface area contributed by atoms with Crippen molar-refractivity contribution < 1.29 is 4.79 Å². The minimum Gasteiger partial charge on any atom is -0.319 e. The molecule has 25 heavy (non-hydrogen) atoms. The lowest BCUT2D eigenvalue weighted by Gasteiger charge is -2.43. The second-order valence-corrected chi connectivity index (χ2v) is 8.58. The first-order chi connectivity index (χ1) is 12.0. The number of hydrogen-bond donors (Lipinski definition) is 0. The lowest BCUT2D eigenvalue weighted by Crippen LogP contribution is -2.54. The number of nitrogens with zero attached hydrogens (tertiary/aromatic N) is 2. The molecular weight excluding hydrogens is 308 g/mol. The third kappa shape index (κ3) is 1.46. The van der Waals surface area contributed by atoms with Gasteiger partial charge in [-0.3, -0.25) is 4.79 Å². The van der Waals surface area contributed by atoms with E-state index in [9.17, 15) is 10.1 Å². The molecule has 1 heterocycles. The summed E-state index contributed by atoms with van der Waals surface area (Å²) in [5.41, 5.74) is 0.0739. The number of nitriles is 1. The molecule has 1 aliphatic heterocycles. The van der Waals surface area contributed by atoms with Gasteiger partial charge in [-0.05, 0) is 47.4 Å². The molecule has 5 rings (SSSR count). The van der Waals surface area contributed by atoms with Crippen LogP contribution in [0.4, 0.5) is 0 Å². The largest absolute Gasteiger partial charge is 0.319 e. The molecule has 0 unspecified atom stereocenters. The van der Waals surface area contributed by atoms with Crippen molar-refractivity contribution in [3.05, 3.63) is 48.0 Å². The molecule has 3 nitrogen and oxygen atoms in total. The summed E-state index contributed by atoms with van der Waals surface area (Å²) in [5, 5.41) is 12.2. The number of amides is 1. The van der Waals surface area contributed by atoms with Gasteiger partial charge in [0.25, 0.3) is 5.91 Å². The molecule has 4 bridgehead atoms. The molecule has 1 saturated heterocycles. The highest BCUT2D eigenvalue weighted by Gasteiger charge is 2.78. The number of likely N-dealkylation sites (tertiary alicyclic amines) is 1. The number of benzene rings is 2. The van der Waals surface area contributed by atoms with Crippen LogP contribution in [0.2, 0.25) is 0 Å². The van der Waals surface area contributed by atoms with Gasteiger partial charge in [-0.2, -0.15) is 5.26 Å². The van der Waals surface area contributed by atoms with Crippen LogP contribution in [0.3, 0.4) is 0 Å². The molecule has 0 radical (unpaired) electrons. The Hall–Kier alpha value is -2.34. The van der Waals surface area contributed by atoms with Gasteiger partial charge in [-0.15, -0.1) is 0 Å². The Balaban J connectivity index is 1.65. The zero-order valence-corrected chi connectivity index (χ0v) is 14.7. The molecule has 0 N–H and O–H groups in total. The average molecular weight is 330 g/mol. The Bertz CT molecular complexity index is 955. The molecule has 4 atom stereocenters. The van der Waals surface area contributed by atoms with Crippen LogP contribution in [-0.4, -0.2) is 22.9 Å². The van der Waals surface area contributed by atoms with E-state index in [2.05, 4.69) is 19.9 Å². The lowest BCUT2D eigenvalue weighted by atomic mass is 9.66. The van der Waals surface area contributed by atoms with Gasteiger partial charge in [0.1, 0.15) is 5.54 Å². The van der Waals surface area contributed by atoms with Crippen molar-refractivity contribution in [3.8, 4) is 6.07 Å². The van der Waals surface area contributed by atoms with Crippen molar-refractivity contribution in [3.63, 3.8) is 0 Å². The van der Waals surface area contributed by atoms with Crippen molar-refractivity contribution >= 4 is 16.7 Å². The Morgan fingerprint density at radius 2 is 1.96 bits per heavy atom. The monoisotopic (exact) mass is 330 g/mol. The molecule has 3 aliphatic rings. The molecule has 1 amide bonds. The topological polar surface area (TPSA) is 44.1 Å². The fraction of sp³-hybridized carbons (Fsp3) is 0.455. The molecule has 3 fully saturated rings. The third-order valence-electron chi connectivity index (χ3n) is 8.01. The number of piperidine rings is 1. The first kappa shape index (κ1) is 15.0. The van der Waals surface area contributed by atoms with Gasteiger partial charge >= 0.3 is 0 Å². The minimum absolute atomic E-state index is 0.0219. The quantitative estimate of drug-likeness (QED) is 0.778. The fourth-order valence-corrected chi connectivity index (χ4v) is 6.31. The van der Waals surface area contributed by atoms with Gasteiger partial charge in [-0.1, -0.05) is 50.2 Å². The van der Waals surface area contributed by atoms with Crippen molar-refractivity contribution in [2.45, 2.75) is 38.6 Å². The second-order valence-electron chi connectivity index (χ2n) is 8.58. The summed E-state index contributed by atoms with van der Waals surface area (Å²) in [6.07, 6.45) is 3.10. The fourth-order valence-electron chi connectivity index (χ4n) is 6.31. The van der Waals surface area contributed by atoms with Gasteiger partial charge in [0.2, 0.25) is 0 Å². The van der Waals surface area contributed by atoms with Crippen molar-refractivity contribution in [2.75, 3.05) is 6.54 Å². The van der Waals surface area contributed by atoms with Crippen molar-refractivity contribution in [1.82, 2.24) is 4.90 Å². The third-order valence-corrected chi connectivity index (χ3v) is 8.01. The maximum Gasteiger partial charge on any atom is 0.255 e. The van der Waals surface area contributed by atoms with Crippen LogP contribution in [0.5, 0.6) is 0 Å². The van der Waals surface area contributed by atoms with E-state index >= 15 is 0 Å². The number of fused-ring (bicyclic) bond motifs is 1. The predicted octanol–water partition coefficient (Wildman–Crippen LogP) is 4.38. The molecule has 2 aliphatic carbocycles. The van der Waals surface area contributed by atoms with E-state index in [1.807, 2.05) is 47.4 Å². The molecule has 2 aromatic carbocycles. The number of rotatable bonds is 1. The summed E-state index contributed by atoms with van der Waals surface area (Å²) in [5.74, 6) is 0.599. The average Bonchev–Trinajstić information content (AvgIpc) is 3.09. The van der Waals surface area contributed by atoms with E-state index in [1.54, 1.807) is 0 Å². The highest BCUT2D eigenvalue weighted by atomic mass is 16.2. The van der Waals surface area contributed by atoms with Crippen LogP contribution >= 0.6 is 0 Å². The Morgan fingerprint density at radius 3 is 2.72 bits per heavy atom. The summed E-state index contributed by atoms with van der Waals surface area (Å²) in [6, 6.07) is 16.5. The molecular formula is C22H22N2O. The highest BCUT2D eigenvalue weighted by Crippen LogP contribution is 2.75. The van der Waals surface area contributed by atoms with E-state index in [-0.39, 0.29) is 16.7 Å². The smallest absolute Gasteiger partial charge is 0.255 e. The van der Waals surface area contributed by atoms with E-state index in [4.69, 9.17) is 0 Å². The van der Waals surface area contributed by atoms with Crippen molar-refractivity contribution in [2.24, 2.45) is 16.7 Å². The standard InChI is InChI=1S/C22H22N2O/c1-20-14-24(22(13-23)12-16(20)10-11-21(20,22)2)19(25)18-9-5-7-15-6-3-4-8-17(15)18/h3-9,16H,10-12,14H2,1-2H3/t16-,20+,21-,22+/m1/s1. The molecule has 0 aromatic heterocycles. The van der Waals surface area contributed by atoms with Gasteiger partial charge in [0, 0.05) is 17.5 Å². The first-order valence-corrected chi connectivity index (χ1v) is 9.18. The van der Waals surface area contributed by atoms with Crippen molar-refractivity contribution in [1.29, 1.82) is 5.26 Å². The lowest BCUT2D eigenvalue weighted by molar-refractivity contribution is 0.0432. The van der Waals surface area contributed by atoms with E-state index in [0.717, 1.165) is 29.2 Å². The predicted molar refractivity (Wildman–Crippen MR) is 96.9 cm³/mol. The van der Waals surface area contributed by atoms with Crippen LogP contribution in [0, 0.1) is 28.1 Å². The van der Waals surface area contributed by atoms with Crippen LogP contribution in [0.1, 0.15) is 43.5 Å². The Labute approximate surface area is 148 Å². The van der Waals surface area contributed by atoms with Gasteiger partial charge in [0.15, 0.2) is 0 Å². The van der Waals surface area contributed by atoms with Gasteiger partial charge < -0.3 is 4.90 Å². The summed E-state index contributed by atoms with van der Waals surface area (Å²) in [4.78, 5) is 15.5. The van der Waals surface area contributed by atoms with Crippen LogP contribution in [-0.2, 0) is 0 Å². The maximum absolute atomic E-state index is 13.6. The molecule has 126 valence electrons. The minimum atomic E-state index is -0.640. The van der Waals surface area contributed by atoms with E-state index in [1.165, 1.54) is 6.42 Å². The normalized spacial score (nSPS) is 38.3. The summed E-state index contributed by atoms with van der Waals surface area (Å²) < 4.78 is 0. The Morgan fingerprint density at radius 1 is 1.20 bits per heavy atom. The number of hydrogen-bond acceptors (Lipinski definition) is 2. The molecule has 2 aromatic rings. The molecule has 3 heteroatoms. The zero-order chi connectivity index (χ0) is 17.4. The first-order valence-electron chi connectivity index (χ1n) is 9.18. The second kappa shape index (κ2) is 4.43. The summed E-state index contributed by atoms with van der Waals surface area (Å²) >= 11 is 0. The summed E-state index contributed by atoms with van der Waals surface area (Å²) in [6.45, 7) is 5.27. The Kier molecular flexibility index (Phi) is 2.65. The number of carbonyl (C=O) groups is 1. The summed E-state index contributed by atoms with van der Waals surface area (Å²) in [7, 11) is 0. The van der Waals surface area contributed by atoms with Crippen LogP contribution in [0.25, 0.3) is 10.8 Å². The zero-order valence-electron chi connectivity index (χ0n) is 14.7. The van der Waals surface area contributed by atoms with Crippen LogP contribution < -0.4 is 0 Å². The highest BCUT2D eigenvalue weighted by molar-refractivity contribution is 6.07. The van der Waals surface area contributed by atoms with Crippen LogP contribution in [0.15, 0.2) is 42.5 Å². The van der Waals surface area contributed by atoms with E-state index < -0.39 is 5.54 Å². The molecule has 2 saturated carbocycles. The molecule has 0 spiro atoms. The van der Waals surface area contributed by atoms with Gasteiger partial charge in [-0.25, -0.2) is 0 Å². The SMILES string of the molecule is C[C@]12CC[C@@H]3C[C@@]1(C#N)N(C(=O)c1cccc4ccccc14)C[C@@]32C. The number of carbonyl (C=O) groups excluding carboxylic acids is 1.